The number of carbonyl (C=O) groups excluding carboxylic acids is 1. The predicted molar refractivity (Wildman–Crippen MR) is 94.4 cm³/mol. The molecule has 1 aromatic heterocycles. The van der Waals surface area contributed by atoms with E-state index in [0.717, 1.165) is 11.1 Å². The van der Waals surface area contributed by atoms with Gasteiger partial charge in [0.25, 0.3) is 0 Å². The molecule has 0 spiro atoms. The van der Waals surface area contributed by atoms with Crippen molar-refractivity contribution in [2.45, 2.75) is 6.54 Å². The van der Waals surface area contributed by atoms with Crippen molar-refractivity contribution in [2.75, 3.05) is 14.2 Å². The number of benzene rings is 2. The Balaban J connectivity index is 1.65. The number of rotatable bonds is 6. The van der Waals surface area contributed by atoms with Gasteiger partial charge in [-0.15, -0.1) is 0 Å². The Morgan fingerprint density at radius 1 is 1.16 bits per heavy atom. The number of methoxy groups -OCH3 is 2. The van der Waals surface area contributed by atoms with E-state index in [0.29, 0.717) is 29.5 Å². The number of para-hydroxylation sites is 3. The van der Waals surface area contributed by atoms with E-state index >= 15 is 0 Å². The van der Waals surface area contributed by atoms with Crippen LogP contribution in [-0.4, -0.2) is 25.1 Å². The summed E-state index contributed by atoms with van der Waals surface area (Å²) in [6, 6.07) is 12.9. The monoisotopic (exact) mass is 338 g/mol. The predicted octanol–water partition coefficient (Wildman–Crippen LogP) is 3.17. The number of oxazole rings is 1. The van der Waals surface area contributed by atoms with Crippen LogP contribution in [0.4, 0.5) is 0 Å². The normalized spacial score (nSPS) is 11.0. The average Bonchev–Trinajstić information content (AvgIpc) is 3.07. The number of fused-ring (bicyclic) bond motifs is 1. The lowest BCUT2D eigenvalue weighted by Gasteiger charge is -2.12. The minimum absolute atomic E-state index is 0.257. The van der Waals surface area contributed by atoms with Gasteiger partial charge in [-0.25, -0.2) is 4.98 Å². The first-order chi connectivity index (χ1) is 12.2. The highest BCUT2D eigenvalue weighted by Gasteiger charge is 2.10. The second kappa shape index (κ2) is 7.53. The first-order valence-electron chi connectivity index (χ1n) is 7.72. The molecule has 3 aromatic rings. The van der Waals surface area contributed by atoms with Crippen LogP contribution in [0.5, 0.6) is 11.5 Å². The van der Waals surface area contributed by atoms with Gasteiger partial charge in [-0.05, 0) is 18.2 Å². The molecule has 128 valence electrons. The first kappa shape index (κ1) is 16.6. The van der Waals surface area contributed by atoms with Crippen LogP contribution in [0.2, 0.25) is 0 Å². The molecule has 0 aliphatic heterocycles. The van der Waals surface area contributed by atoms with Gasteiger partial charge in [0.05, 0.1) is 14.2 Å². The molecule has 0 unspecified atom stereocenters. The lowest BCUT2D eigenvalue weighted by atomic mass is 10.2. The number of nitrogens with zero attached hydrogens (tertiary/aromatic N) is 1. The van der Waals surface area contributed by atoms with Crippen LogP contribution in [0.3, 0.4) is 0 Å². The Kier molecular flexibility index (Phi) is 4.99. The van der Waals surface area contributed by atoms with E-state index in [-0.39, 0.29) is 5.91 Å². The molecule has 0 fully saturated rings. The molecule has 0 saturated heterocycles. The number of hydrogen-bond donors (Lipinski definition) is 1. The van der Waals surface area contributed by atoms with Crippen molar-refractivity contribution in [1.82, 2.24) is 10.3 Å². The van der Waals surface area contributed by atoms with E-state index in [9.17, 15) is 4.79 Å². The molecule has 0 aliphatic rings. The Morgan fingerprint density at radius 2 is 2.00 bits per heavy atom. The fourth-order valence-corrected chi connectivity index (χ4v) is 2.44. The number of hydrogen-bond acceptors (Lipinski definition) is 5. The molecule has 6 heteroatoms. The highest BCUT2D eigenvalue weighted by Crippen LogP contribution is 2.30. The molecule has 6 nitrogen and oxygen atoms in total. The maximum absolute atomic E-state index is 12.0. The topological polar surface area (TPSA) is 73.6 Å². The number of aromatic nitrogens is 1. The number of nitrogens with one attached hydrogen (secondary N) is 1. The van der Waals surface area contributed by atoms with Gasteiger partial charge in [0.15, 0.2) is 17.1 Å². The summed E-state index contributed by atoms with van der Waals surface area (Å²) < 4.78 is 16.1. The molecule has 0 saturated carbocycles. The molecular formula is C19H18N2O4. The highest BCUT2D eigenvalue weighted by molar-refractivity contribution is 5.91. The smallest absolute Gasteiger partial charge is 0.244 e. The van der Waals surface area contributed by atoms with Crippen LogP contribution in [-0.2, 0) is 11.3 Å². The lowest BCUT2D eigenvalue weighted by Crippen LogP contribution is -2.20. The minimum atomic E-state index is -0.257. The molecule has 1 heterocycles. The SMILES string of the molecule is COc1cccc(CNC(=O)/C=C/c2nc3ccccc3o2)c1OC. The second-order valence-electron chi connectivity index (χ2n) is 5.22. The van der Waals surface area contributed by atoms with Gasteiger partial charge in [-0.1, -0.05) is 24.3 Å². The largest absolute Gasteiger partial charge is 0.493 e. The summed E-state index contributed by atoms with van der Waals surface area (Å²) in [6.45, 7) is 0.317. The van der Waals surface area contributed by atoms with E-state index in [4.69, 9.17) is 13.9 Å². The summed E-state index contributed by atoms with van der Waals surface area (Å²) in [5.74, 6) is 1.35. The third-order valence-electron chi connectivity index (χ3n) is 3.63. The van der Waals surface area contributed by atoms with Crippen molar-refractivity contribution in [2.24, 2.45) is 0 Å². The third kappa shape index (κ3) is 3.80. The summed E-state index contributed by atoms with van der Waals surface area (Å²) in [6.07, 6.45) is 2.93. The quantitative estimate of drug-likeness (QED) is 0.699. The van der Waals surface area contributed by atoms with Crippen molar-refractivity contribution in [1.29, 1.82) is 0 Å². The maximum atomic E-state index is 12.0. The van der Waals surface area contributed by atoms with Crippen molar-refractivity contribution in [3.05, 3.63) is 60.0 Å². The van der Waals surface area contributed by atoms with Crippen molar-refractivity contribution in [3.63, 3.8) is 0 Å². The molecule has 0 bridgehead atoms. The standard InChI is InChI=1S/C19H18N2O4/c1-23-16-9-5-6-13(19(16)24-2)12-20-17(22)10-11-18-21-14-7-3-4-8-15(14)25-18/h3-11H,12H2,1-2H3,(H,20,22)/b11-10+. The second-order valence-corrected chi connectivity index (χ2v) is 5.22. The summed E-state index contributed by atoms with van der Waals surface area (Å²) in [4.78, 5) is 16.3. The number of amides is 1. The molecule has 25 heavy (non-hydrogen) atoms. The summed E-state index contributed by atoms with van der Waals surface area (Å²) in [7, 11) is 3.14. The van der Waals surface area contributed by atoms with Gasteiger partial charge in [0.2, 0.25) is 11.8 Å². The minimum Gasteiger partial charge on any atom is -0.493 e. The van der Waals surface area contributed by atoms with Crippen molar-refractivity contribution >= 4 is 23.1 Å². The molecule has 1 N–H and O–H groups in total. The van der Waals surface area contributed by atoms with Crippen LogP contribution in [0.25, 0.3) is 17.2 Å². The Labute approximate surface area is 145 Å². The van der Waals surface area contributed by atoms with Gasteiger partial charge in [-0.3, -0.25) is 4.79 Å². The molecular weight excluding hydrogens is 320 g/mol. The average molecular weight is 338 g/mol. The molecule has 2 aromatic carbocycles. The van der Waals surface area contributed by atoms with Gasteiger partial charge >= 0.3 is 0 Å². The Hall–Kier alpha value is -3.28. The van der Waals surface area contributed by atoms with E-state index in [2.05, 4.69) is 10.3 Å². The van der Waals surface area contributed by atoms with Gasteiger partial charge < -0.3 is 19.2 Å². The van der Waals surface area contributed by atoms with Crippen LogP contribution >= 0.6 is 0 Å². The zero-order valence-corrected chi connectivity index (χ0v) is 14.0. The Bertz CT molecular complexity index is 882. The Morgan fingerprint density at radius 3 is 2.76 bits per heavy atom. The zero-order valence-electron chi connectivity index (χ0n) is 14.0. The summed E-state index contributed by atoms with van der Waals surface area (Å²) >= 11 is 0. The summed E-state index contributed by atoms with van der Waals surface area (Å²) in [5, 5.41) is 2.80. The van der Waals surface area contributed by atoms with Gasteiger partial charge in [-0.2, -0.15) is 0 Å². The van der Waals surface area contributed by atoms with Crippen LogP contribution in [0.15, 0.2) is 53.0 Å². The molecule has 0 aliphatic carbocycles. The summed E-state index contributed by atoms with van der Waals surface area (Å²) in [5.41, 5.74) is 2.26. The molecule has 3 rings (SSSR count). The third-order valence-corrected chi connectivity index (χ3v) is 3.63. The van der Waals surface area contributed by atoms with E-state index < -0.39 is 0 Å². The zero-order chi connectivity index (χ0) is 17.6. The van der Waals surface area contributed by atoms with Crippen LogP contribution in [0.1, 0.15) is 11.5 Å². The fraction of sp³-hybridized carbons (Fsp3) is 0.158. The van der Waals surface area contributed by atoms with Crippen molar-refractivity contribution in [3.8, 4) is 11.5 Å². The first-order valence-corrected chi connectivity index (χ1v) is 7.72. The van der Waals surface area contributed by atoms with E-state index in [1.54, 1.807) is 20.3 Å². The van der Waals surface area contributed by atoms with Crippen LogP contribution in [0, 0.1) is 0 Å². The fourth-order valence-electron chi connectivity index (χ4n) is 2.44. The van der Waals surface area contributed by atoms with Crippen molar-refractivity contribution < 1.29 is 18.7 Å². The highest BCUT2D eigenvalue weighted by atomic mass is 16.5. The van der Waals surface area contributed by atoms with Crippen LogP contribution < -0.4 is 14.8 Å². The van der Waals surface area contributed by atoms with Gasteiger partial charge in [0.1, 0.15) is 5.52 Å². The number of ether oxygens (including phenoxy) is 2. The maximum Gasteiger partial charge on any atom is 0.244 e. The molecule has 1 amide bonds. The van der Waals surface area contributed by atoms with E-state index in [1.807, 2.05) is 36.4 Å². The lowest BCUT2D eigenvalue weighted by molar-refractivity contribution is -0.116. The number of carbonyl (C=O) groups is 1. The van der Waals surface area contributed by atoms with E-state index in [1.165, 1.54) is 12.2 Å². The molecule has 0 atom stereocenters. The van der Waals surface area contributed by atoms with Gasteiger partial charge in [0, 0.05) is 24.3 Å². The molecule has 0 radical (unpaired) electrons.